The second-order valence-electron chi connectivity index (χ2n) is 6.56. The van der Waals surface area contributed by atoms with Crippen LogP contribution < -0.4 is 5.32 Å². The van der Waals surface area contributed by atoms with Gasteiger partial charge in [0.25, 0.3) is 0 Å². The molecule has 0 bridgehead atoms. The van der Waals surface area contributed by atoms with Crippen LogP contribution in [0.1, 0.15) is 58.8 Å². The van der Waals surface area contributed by atoms with Crippen LogP contribution in [0.15, 0.2) is 0 Å². The number of hydrogen-bond donors (Lipinski definition) is 1. The van der Waals surface area contributed by atoms with Gasteiger partial charge in [0, 0.05) is 25.7 Å². The van der Waals surface area contributed by atoms with Gasteiger partial charge in [0.05, 0.1) is 0 Å². The summed E-state index contributed by atoms with van der Waals surface area (Å²) in [7, 11) is 0. The molecule has 1 aliphatic heterocycles. The van der Waals surface area contributed by atoms with Crippen LogP contribution in [0.5, 0.6) is 0 Å². The molecule has 0 aromatic rings. The molecule has 2 aliphatic rings. The van der Waals surface area contributed by atoms with E-state index in [0.717, 1.165) is 17.9 Å². The number of nitrogens with zero attached hydrogens (tertiary/aromatic N) is 1. The smallest absolute Gasteiger partial charge is 0.0198 e. The molecule has 0 aromatic heterocycles. The zero-order valence-electron chi connectivity index (χ0n) is 12.5. The lowest BCUT2D eigenvalue weighted by molar-refractivity contribution is 0.130. The molecule has 106 valence electrons. The molecule has 1 saturated carbocycles. The van der Waals surface area contributed by atoms with E-state index in [2.05, 4.69) is 24.1 Å². The first kappa shape index (κ1) is 14.3. The van der Waals surface area contributed by atoms with Gasteiger partial charge >= 0.3 is 0 Å². The van der Waals surface area contributed by atoms with Crippen LogP contribution in [0.25, 0.3) is 0 Å². The average molecular weight is 252 g/mol. The molecular formula is C16H32N2. The third-order valence-corrected chi connectivity index (χ3v) is 4.48. The zero-order chi connectivity index (χ0) is 12.8. The van der Waals surface area contributed by atoms with Gasteiger partial charge in [-0.1, -0.05) is 26.7 Å². The number of piperidine rings is 1. The molecule has 1 saturated heterocycles. The Morgan fingerprint density at radius 2 is 1.89 bits per heavy atom. The zero-order valence-corrected chi connectivity index (χ0v) is 12.5. The Balaban J connectivity index is 1.78. The summed E-state index contributed by atoms with van der Waals surface area (Å²) in [6, 6.07) is 0.763. The van der Waals surface area contributed by atoms with E-state index < -0.39 is 0 Å². The number of rotatable bonds is 8. The Morgan fingerprint density at radius 3 is 2.56 bits per heavy atom. The number of unbranched alkanes of at least 4 members (excludes halogenated alkanes) is 1. The minimum atomic E-state index is 0.763. The van der Waals surface area contributed by atoms with Gasteiger partial charge in [0.1, 0.15) is 0 Å². The lowest BCUT2D eigenvalue weighted by Gasteiger charge is -2.38. The van der Waals surface area contributed by atoms with E-state index in [4.69, 9.17) is 0 Å². The van der Waals surface area contributed by atoms with Crippen LogP contribution in [-0.2, 0) is 0 Å². The second kappa shape index (κ2) is 7.49. The Hall–Kier alpha value is -0.0800. The van der Waals surface area contributed by atoms with Crippen LogP contribution in [0.3, 0.4) is 0 Å². The first-order valence-electron chi connectivity index (χ1n) is 8.27. The molecule has 0 aromatic carbocycles. The minimum Gasteiger partial charge on any atom is -0.313 e. The SMILES string of the molecule is CCCCC1CC(NCCC)CN(CC2CC2)C1. The van der Waals surface area contributed by atoms with Crippen molar-refractivity contribution in [3.05, 3.63) is 0 Å². The summed E-state index contributed by atoms with van der Waals surface area (Å²) in [5.41, 5.74) is 0. The van der Waals surface area contributed by atoms with E-state index >= 15 is 0 Å². The van der Waals surface area contributed by atoms with Gasteiger partial charge < -0.3 is 10.2 Å². The number of likely N-dealkylation sites (tertiary alicyclic amines) is 1. The second-order valence-corrected chi connectivity index (χ2v) is 6.56. The molecule has 2 atom stereocenters. The topological polar surface area (TPSA) is 15.3 Å². The fourth-order valence-electron chi connectivity index (χ4n) is 3.32. The van der Waals surface area contributed by atoms with Gasteiger partial charge in [0.2, 0.25) is 0 Å². The van der Waals surface area contributed by atoms with Crippen LogP contribution in [0.2, 0.25) is 0 Å². The number of nitrogens with one attached hydrogen (secondary N) is 1. The molecule has 18 heavy (non-hydrogen) atoms. The molecule has 0 radical (unpaired) electrons. The van der Waals surface area contributed by atoms with Crippen LogP contribution in [0, 0.1) is 11.8 Å². The molecule has 0 spiro atoms. The standard InChI is InChI=1S/C16H32N2/c1-3-5-6-15-10-16(17-9-4-2)13-18(12-15)11-14-7-8-14/h14-17H,3-13H2,1-2H3. The third-order valence-electron chi connectivity index (χ3n) is 4.48. The van der Waals surface area contributed by atoms with Crippen LogP contribution in [-0.4, -0.2) is 37.1 Å². The van der Waals surface area contributed by atoms with Crippen LogP contribution >= 0.6 is 0 Å². The number of hydrogen-bond acceptors (Lipinski definition) is 2. The molecular weight excluding hydrogens is 220 g/mol. The highest BCUT2D eigenvalue weighted by molar-refractivity contribution is 4.86. The molecule has 2 fully saturated rings. The van der Waals surface area contributed by atoms with Crippen molar-refractivity contribution >= 4 is 0 Å². The fourth-order valence-corrected chi connectivity index (χ4v) is 3.32. The molecule has 2 heteroatoms. The van der Waals surface area contributed by atoms with E-state index in [-0.39, 0.29) is 0 Å². The highest BCUT2D eigenvalue weighted by atomic mass is 15.2. The van der Waals surface area contributed by atoms with Gasteiger partial charge in [0.15, 0.2) is 0 Å². The maximum absolute atomic E-state index is 3.76. The Kier molecular flexibility index (Phi) is 5.97. The molecule has 1 heterocycles. The van der Waals surface area contributed by atoms with Crippen molar-refractivity contribution in [2.24, 2.45) is 11.8 Å². The van der Waals surface area contributed by atoms with E-state index in [1.165, 1.54) is 71.1 Å². The van der Waals surface area contributed by atoms with E-state index in [0.29, 0.717) is 0 Å². The predicted molar refractivity (Wildman–Crippen MR) is 78.9 cm³/mol. The monoisotopic (exact) mass is 252 g/mol. The van der Waals surface area contributed by atoms with Crippen LogP contribution in [0.4, 0.5) is 0 Å². The maximum atomic E-state index is 3.76. The molecule has 1 aliphatic carbocycles. The summed E-state index contributed by atoms with van der Waals surface area (Å²) < 4.78 is 0. The summed E-state index contributed by atoms with van der Waals surface area (Å²) in [6.07, 6.45) is 9.88. The van der Waals surface area contributed by atoms with Gasteiger partial charge in [-0.25, -0.2) is 0 Å². The highest BCUT2D eigenvalue weighted by Gasteiger charge is 2.30. The van der Waals surface area contributed by atoms with E-state index in [1.807, 2.05) is 0 Å². The van der Waals surface area contributed by atoms with Crippen molar-refractivity contribution in [2.45, 2.75) is 64.8 Å². The highest BCUT2D eigenvalue weighted by Crippen LogP contribution is 2.32. The van der Waals surface area contributed by atoms with Gasteiger partial charge in [-0.2, -0.15) is 0 Å². The van der Waals surface area contributed by atoms with Crippen molar-refractivity contribution in [3.63, 3.8) is 0 Å². The summed E-state index contributed by atoms with van der Waals surface area (Å²) in [5, 5.41) is 3.76. The lowest BCUT2D eigenvalue weighted by atomic mass is 9.89. The predicted octanol–water partition coefficient (Wildman–Crippen LogP) is 3.28. The van der Waals surface area contributed by atoms with Crippen molar-refractivity contribution in [1.82, 2.24) is 10.2 Å². The summed E-state index contributed by atoms with van der Waals surface area (Å²) in [4.78, 5) is 2.76. The van der Waals surface area contributed by atoms with Gasteiger partial charge in [-0.3, -0.25) is 0 Å². The quantitative estimate of drug-likeness (QED) is 0.713. The van der Waals surface area contributed by atoms with Gasteiger partial charge in [-0.05, 0) is 50.5 Å². The minimum absolute atomic E-state index is 0.763. The first-order chi connectivity index (χ1) is 8.81. The van der Waals surface area contributed by atoms with Crippen molar-refractivity contribution in [2.75, 3.05) is 26.2 Å². The Labute approximate surface area is 114 Å². The fraction of sp³-hybridized carbons (Fsp3) is 1.00. The molecule has 2 nitrogen and oxygen atoms in total. The molecule has 0 amide bonds. The first-order valence-corrected chi connectivity index (χ1v) is 8.27. The van der Waals surface area contributed by atoms with E-state index in [1.54, 1.807) is 0 Å². The maximum Gasteiger partial charge on any atom is 0.0198 e. The summed E-state index contributed by atoms with van der Waals surface area (Å²) in [5.74, 6) is 1.99. The van der Waals surface area contributed by atoms with Gasteiger partial charge in [-0.15, -0.1) is 0 Å². The van der Waals surface area contributed by atoms with E-state index in [9.17, 15) is 0 Å². The Bertz CT molecular complexity index is 209. The lowest BCUT2D eigenvalue weighted by Crippen LogP contribution is -2.49. The molecule has 2 rings (SSSR count). The molecule has 1 N–H and O–H groups in total. The van der Waals surface area contributed by atoms with Crippen molar-refractivity contribution in [3.8, 4) is 0 Å². The largest absolute Gasteiger partial charge is 0.313 e. The average Bonchev–Trinajstić information content (AvgIpc) is 3.17. The van der Waals surface area contributed by atoms with Crippen molar-refractivity contribution in [1.29, 1.82) is 0 Å². The summed E-state index contributed by atoms with van der Waals surface area (Å²) >= 11 is 0. The summed E-state index contributed by atoms with van der Waals surface area (Å²) in [6.45, 7) is 9.85. The molecule has 2 unspecified atom stereocenters. The Morgan fingerprint density at radius 1 is 1.06 bits per heavy atom. The third kappa shape index (κ3) is 4.89. The normalized spacial score (nSPS) is 29.7. The van der Waals surface area contributed by atoms with Crippen molar-refractivity contribution < 1.29 is 0 Å².